The van der Waals surface area contributed by atoms with E-state index >= 15 is 0 Å². The van der Waals surface area contributed by atoms with Gasteiger partial charge in [-0.3, -0.25) is 0 Å². The van der Waals surface area contributed by atoms with Crippen LogP contribution in [0.1, 0.15) is 28.3 Å². The van der Waals surface area contributed by atoms with Gasteiger partial charge in [-0.2, -0.15) is 0 Å². The Labute approximate surface area is 134 Å². The van der Waals surface area contributed by atoms with E-state index in [2.05, 4.69) is 48.0 Å². The molecule has 0 spiro atoms. The van der Waals surface area contributed by atoms with Gasteiger partial charge in [0, 0.05) is 5.56 Å². The summed E-state index contributed by atoms with van der Waals surface area (Å²) in [6.45, 7) is 4.18. The Balaban J connectivity index is 2.50. The first-order valence-corrected chi connectivity index (χ1v) is 7.51. The second-order valence-corrected chi connectivity index (χ2v) is 5.90. The first-order chi connectivity index (χ1) is 9.97. The van der Waals surface area contributed by atoms with E-state index in [0.29, 0.717) is 0 Å². The quantitative estimate of drug-likeness (QED) is 0.902. The van der Waals surface area contributed by atoms with Crippen LogP contribution in [0.4, 0.5) is 0 Å². The van der Waals surface area contributed by atoms with Crippen molar-refractivity contribution in [2.75, 3.05) is 14.2 Å². The maximum atomic E-state index is 6.43. The van der Waals surface area contributed by atoms with Crippen molar-refractivity contribution in [3.63, 3.8) is 0 Å². The van der Waals surface area contributed by atoms with Crippen LogP contribution in [0.25, 0.3) is 0 Å². The summed E-state index contributed by atoms with van der Waals surface area (Å²) in [5.41, 5.74) is 10.9. The molecule has 112 valence electrons. The predicted octanol–water partition coefficient (Wildman–Crippen LogP) is 4.13. The van der Waals surface area contributed by atoms with E-state index in [-0.39, 0.29) is 6.04 Å². The van der Waals surface area contributed by atoms with Crippen LogP contribution in [0, 0.1) is 13.8 Å². The van der Waals surface area contributed by atoms with Crippen LogP contribution in [0.2, 0.25) is 0 Å². The lowest BCUT2D eigenvalue weighted by atomic mass is 9.95. The van der Waals surface area contributed by atoms with Crippen LogP contribution in [0.5, 0.6) is 11.5 Å². The Morgan fingerprint density at radius 3 is 2.19 bits per heavy atom. The van der Waals surface area contributed by atoms with Gasteiger partial charge in [-0.1, -0.05) is 18.2 Å². The number of halogens is 1. The van der Waals surface area contributed by atoms with Crippen LogP contribution >= 0.6 is 15.9 Å². The summed E-state index contributed by atoms with van der Waals surface area (Å²) in [5.74, 6) is 1.48. The molecule has 4 heteroatoms. The molecule has 0 aromatic heterocycles. The summed E-state index contributed by atoms with van der Waals surface area (Å²) < 4.78 is 11.7. The summed E-state index contributed by atoms with van der Waals surface area (Å²) in [6, 6.07) is 9.81. The second-order valence-electron chi connectivity index (χ2n) is 5.05. The molecule has 21 heavy (non-hydrogen) atoms. The lowest BCUT2D eigenvalue weighted by Crippen LogP contribution is -2.13. The van der Waals surface area contributed by atoms with Crippen LogP contribution in [0.15, 0.2) is 34.8 Å². The largest absolute Gasteiger partial charge is 0.496 e. The van der Waals surface area contributed by atoms with Crippen molar-refractivity contribution < 1.29 is 9.47 Å². The van der Waals surface area contributed by atoms with E-state index in [1.54, 1.807) is 14.2 Å². The van der Waals surface area contributed by atoms with E-state index in [9.17, 15) is 0 Å². The molecule has 0 aliphatic heterocycles. The number of rotatable bonds is 4. The molecule has 0 saturated heterocycles. The van der Waals surface area contributed by atoms with E-state index in [1.807, 2.05) is 12.1 Å². The van der Waals surface area contributed by atoms with Gasteiger partial charge in [-0.05, 0) is 58.6 Å². The average molecular weight is 350 g/mol. The number of hydrogen-bond acceptors (Lipinski definition) is 3. The maximum Gasteiger partial charge on any atom is 0.133 e. The standard InChI is InChI=1S/C17H20BrNO2/c1-10-5-6-12(7-11(10)2)17(19)13-8-16(21-4)14(18)9-15(13)20-3/h5-9,17H,19H2,1-4H3. The second kappa shape index (κ2) is 6.50. The topological polar surface area (TPSA) is 44.5 Å². The monoisotopic (exact) mass is 349 g/mol. The summed E-state index contributed by atoms with van der Waals surface area (Å²) in [7, 11) is 3.28. The van der Waals surface area contributed by atoms with Gasteiger partial charge in [0.25, 0.3) is 0 Å². The highest BCUT2D eigenvalue weighted by molar-refractivity contribution is 9.10. The van der Waals surface area contributed by atoms with Crippen LogP contribution < -0.4 is 15.2 Å². The summed E-state index contributed by atoms with van der Waals surface area (Å²) >= 11 is 3.46. The number of methoxy groups -OCH3 is 2. The molecule has 0 heterocycles. The molecular formula is C17H20BrNO2. The molecule has 0 saturated carbocycles. The molecule has 2 aromatic rings. The van der Waals surface area contributed by atoms with Gasteiger partial charge < -0.3 is 15.2 Å². The summed E-state index contributed by atoms with van der Waals surface area (Å²) in [6.07, 6.45) is 0. The van der Waals surface area contributed by atoms with E-state index in [4.69, 9.17) is 15.2 Å². The van der Waals surface area contributed by atoms with Crippen LogP contribution in [-0.2, 0) is 0 Å². The summed E-state index contributed by atoms with van der Waals surface area (Å²) in [5, 5.41) is 0. The minimum atomic E-state index is -0.263. The third kappa shape index (κ3) is 3.22. The third-order valence-corrected chi connectivity index (χ3v) is 4.35. The molecule has 2 rings (SSSR count). The highest BCUT2D eigenvalue weighted by atomic mass is 79.9. The average Bonchev–Trinajstić information content (AvgIpc) is 2.49. The molecular weight excluding hydrogens is 330 g/mol. The maximum absolute atomic E-state index is 6.43. The van der Waals surface area contributed by atoms with Gasteiger partial charge in [0.1, 0.15) is 11.5 Å². The number of ether oxygens (including phenoxy) is 2. The van der Waals surface area contributed by atoms with E-state index < -0.39 is 0 Å². The molecule has 0 fully saturated rings. The Hall–Kier alpha value is -1.52. The Morgan fingerprint density at radius 2 is 1.62 bits per heavy atom. The van der Waals surface area contributed by atoms with Crippen LogP contribution in [0.3, 0.4) is 0 Å². The zero-order chi connectivity index (χ0) is 15.6. The fourth-order valence-corrected chi connectivity index (χ4v) is 2.75. The van der Waals surface area contributed by atoms with Crippen molar-refractivity contribution in [3.8, 4) is 11.5 Å². The Kier molecular flexibility index (Phi) is 4.91. The zero-order valence-corrected chi connectivity index (χ0v) is 14.3. The van der Waals surface area contributed by atoms with Crippen LogP contribution in [-0.4, -0.2) is 14.2 Å². The van der Waals surface area contributed by atoms with Gasteiger partial charge in [0.15, 0.2) is 0 Å². The highest BCUT2D eigenvalue weighted by Gasteiger charge is 2.17. The van der Waals surface area contributed by atoms with Crippen molar-refractivity contribution in [1.82, 2.24) is 0 Å². The summed E-state index contributed by atoms with van der Waals surface area (Å²) in [4.78, 5) is 0. The van der Waals surface area contributed by atoms with E-state index in [0.717, 1.165) is 27.1 Å². The molecule has 0 bridgehead atoms. The highest BCUT2D eigenvalue weighted by Crippen LogP contribution is 2.37. The van der Waals surface area contributed by atoms with Crippen molar-refractivity contribution in [3.05, 3.63) is 57.1 Å². The fourth-order valence-electron chi connectivity index (χ4n) is 2.26. The van der Waals surface area contributed by atoms with Gasteiger partial charge in [0.05, 0.1) is 24.7 Å². The normalized spacial score (nSPS) is 12.1. The number of aryl methyl sites for hydroxylation is 2. The zero-order valence-electron chi connectivity index (χ0n) is 12.7. The lowest BCUT2D eigenvalue weighted by molar-refractivity contribution is 0.395. The smallest absolute Gasteiger partial charge is 0.133 e. The molecule has 2 N–H and O–H groups in total. The molecule has 2 aromatic carbocycles. The third-order valence-electron chi connectivity index (χ3n) is 3.73. The first kappa shape index (κ1) is 15.9. The number of nitrogens with two attached hydrogens (primary N) is 1. The minimum Gasteiger partial charge on any atom is -0.496 e. The van der Waals surface area contributed by atoms with Crippen molar-refractivity contribution in [2.24, 2.45) is 5.73 Å². The minimum absolute atomic E-state index is 0.263. The Bertz CT molecular complexity index is 655. The van der Waals surface area contributed by atoms with Crippen molar-refractivity contribution in [1.29, 1.82) is 0 Å². The first-order valence-electron chi connectivity index (χ1n) is 6.72. The molecule has 3 nitrogen and oxygen atoms in total. The van der Waals surface area contributed by atoms with Gasteiger partial charge in [-0.25, -0.2) is 0 Å². The van der Waals surface area contributed by atoms with Crippen molar-refractivity contribution >= 4 is 15.9 Å². The molecule has 1 atom stereocenters. The molecule has 0 radical (unpaired) electrons. The SMILES string of the molecule is COc1cc(C(N)c2ccc(C)c(C)c2)c(OC)cc1Br. The van der Waals surface area contributed by atoms with Gasteiger partial charge in [-0.15, -0.1) is 0 Å². The molecule has 0 aliphatic carbocycles. The lowest BCUT2D eigenvalue weighted by Gasteiger charge is -2.19. The van der Waals surface area contributed by atoms with Crippen molar-refractivity contribution in [2.45, 2.75) is 19.9 Å². The Morgan fingerprint density at radius 1 is 0.952 bits per heavy atom. The molecule has 0 aliphatic rings. The number of benzene rings is 2. The molecule has 0 amide bonds. The molecule has 1 unspecified atom stereocenters. The van der Waals surface area contributed by atoms with Gasteiger partial charge in [0.2, 0.25) is 0 Å². The fraction of sp³-hybridized carbons (Fsp3) is 0.294. The van der Waals surface area contributed by atoms with E-state index in [1.165, 1.54) is 11.1 Å². The number of hydrogen-bond donors (Lipinski definition) is 1. The van der Waals surface area contributed by atoms with Gasteiger partial charge >= 0.3 is 0 Å². The predicted molar refractivity (Wildman–Crippen MR) is 89.2 cm³/mol.